The number of carbonyl (C=O) groups excluding carboxylic acids is 1. The van der Waals surface area contributed by atoms with Crippen molar-refractivity contribution in [1.82, 2.24) is 0 Å². The lowest BCUT2D eigenvalue weighted by molar-refractivity contribution is -0.105. The number of hydrogen-bond acceptors (Lipinski definition) is 4. The Labute approximate surface area is 126 Å². The second-order valence-electron chi connectivity index (χ2n) is 5.02. The van der Waals surface area contributed by atoms with Gasteiger partial charge in [0.2, 0.25) is 0 Å². The van der Waals surface area contributed by atoms with Gasteiger partial charge in [-0.3, -0.25) is 4.79 Å². The number of benzene rings is 1. The SMILES string of the molecule is COCCCOc1cc(C=C(C=O)C(C)C)ccc1OC. The van der Waals surface area contributed by atoms with Gasteiger partial charge in [-0.1, -0.05) is 19.9 Å². The van der Waals surface area contributed by atoms with Crippen LogP contribution in [0, 0.1) is 5.92 Å². The average molecular weight is 292 g/mol. The van der Waals surface area contributed by atoms with E-state index < -0.39 is 0 Å². The summed E-state index contributed by atoms with van der Waals surface area (Å²) in [6.07, 6.45) is 3.58. The lowest BCUT2D eigenvalue weighted by atomic mass is 10.0. The van der Waals surface area contributed by atoms with Crippen molar-refractivity contribution in [3.05, 3.63) is 29.3 Å². The van der Waals surface area contributed by atoms with Gasteiger partial charge in [0.25, 0.3) is 0 Å². The predicted molar refractivity (Wildman–Crippen MR) is 83.9 cm³/mol. The van der Waals surface area contributed by atoms with Crippen molar-refractivity contribution in [3.8, 4) is 11.5 Å². The van der Waals surface area contributed by atoms with Crippen LogP contribution in [0.4, 0.5) is 0 Å². The summed E-state index contributed by atoms with van der Waals surface area (Å²) in [5, 5.41) is 0. The molecule has 0 bridgehead atoms. The molecule has 0 aliphatic carbocycles. The molecule has 0 aromatic heterocycles. The first-order valence-corrected chi connectivity index (χ1v) is 7.09. The van der Waals surface area contributed by atoms with Crippen molar-refractivity contribution in [1.29, 1.82) is 0 Å². The molecule has 0 heterocycles. The average Bonchev–Trinajstić information content (AvgIpc) is 2.49. The first-order valence-electron chi connectivity index (χ1n) is 7.09. The smallest absolute Gasteiger partial charge is 0.161 e. The van der Waals surface area contributed by atoms with Crippen LogP contribution in [-0.4, -0.2) is 33.7 Å². The first kappa shape index (κ1) is 17.2. The Morgan fingerprint density at radius 2 is 1.95 bits per heavy atom. The Kier molecular flexibility index (Phi) is 7.54. The third kappa shape index (κ3) is 5.60. The molecule has 1 aromatic rings. The Balaban J connectivity index is 2.91. The standard InChI is InChI=1S/C17H24O4/c1-13(2)15(12-18)10-14-6-7-16(20-4)17(11-14)21-9-5-8-19-3/h6-7,10-13H,5,8-9H2,1-4H3. The highest BCUT2D eigenvalue weighted by Gasteiger charge is 2.07. The van der Waals surface area contributed by atoms with Crippen molar-refractivity contribution >= 4 is 12.4 Å². The van der Waals surface area contributed by atoms with Crippen molar-refractivity contribution in [2.24, 2.45) is 5.92 Å². The molecule has 0 unspecified atom stereocenters. The van der Waals surface area contributed by atoms with Gasteiger partial charge in [-0.15, -0.1) is 0 Å². The Morgan fingerprint density at radius 3 is 2.52 bits per heavy atom. The summed E-state index contributed by atoms with van der Waals surface area (Å²) >= 11 is 0. The number of hydrogen-bond donors (Lipinski definition) is 0. The van der Waals surface area contributed by atoms with E-state index in [1.165, 1.54) is 0 Å². The molecule has 0 atom stereocenters. The fourth-order valence-corrected chi connectivity index (χ4v) is 1.81. The van der Waals surface area contributed by atoms with Gasteiger partial charge in [0.15, 0.2) is 11.5 Å². The van der Waals surface area contributed by atoms with Gasteiger partial charge in [0.1, 0.15) is 6.29 Å². The van der Waals surface area contributed by atoms with E-state index in [0.29, 0.717) is 24.7 Å². The molecule has 0 radical (unpaired) electrons. The summed E-state index contributed by atoms with van der Waals surface area (Å²) in [7, 11) is 3.27. The minimum atomic E-state index is 0.190. The van der Waals surface area contributed by atoms with Crippen LogP contribution < -0.4 is 9.47 Å². The number of allylic oxidation sites excluding steroid dienone is 1. The number of methoxy groups -OCH3 is 2. The summed E-state index contributed by atoms with van der Waals surface area (Å²) < 4.78 is 16.0. The van der Waals surface area contributed by atoms with Gasteiger partial charge < -0.3 is 14.2 Å². The summed E-state index contributed by atoms with van der Waals surface area (Å²) in [6, 6.07) is 5.64. The van der Waals surface area contributed by atoms with Crippen molar-refractivity contribution in [2.75, 3.05) is 27.4 Å². The highest BCUT2D eigenvalue weighted by Crippen LogP contribution is 2.29. The molecule has 0 N–H and O–H groups in total. The maximum atomic E-state index is 11.1. The van der Waals surface area contributed by atoms with Gasteiger partial charge >= 0.3 is 0 Å². The van der Waals surface area contributed by atoms with Crippen LogP contribution in [0.5, 0.6) is 11.5 Å². The largest absolute Gasteiger partial charge is 0.493 e. The second-order valence-corrected chi connectivity index (χ2v) is 5.02. The molecule has 0 aliphatic heterocycles. The van der Waals surface area contributed by atoms with Crippen LogP contribution >= 0.6 is 0 Å². The van der Waals surface area contributed by atoms with Crippen LogP contribution in [0.2, 0.25) is 0 Å². The number of rotatable bonds is 9. The van der Waals surface area contributed by atoms with Crippen LogP contribution in [0.1, 0.15) is 25.8 Å². The molecule has 116 valence electrons. The zero-order chi connectivity index (χ0) is 15.7. The maximum Gasteiger partial charge on any atom is 0.161 e. The van der Waals surface area contributed by atoms with Crippen molar-refractivity contribution < 1.29 is 19.0 Å². The molecular weight excluding hydrogens is 268 g/mol. The molecule has 0 saturated carbocycles. The van der Waals surface area contributed by atoms with E-state index in [-0.39, 0.29) is 5.92 Å². The first-order chi connectivity index (χ1) is 10.1. The number of ether oxygens (including phenoxy) is 3. The molecule has 4 nitrogen and oxygen atoms in total. The van der Waals surface area contributed by atoms with E-state index in [1.807, 2.05) is 38.1 Å². The molecule has 21 heavy (non-hydrogen) atoms. The molecule has 1 rings (SSSR count). The summed E-state index contributed by atoms with van der Waals surface area (Å²) in [5.41, 5.74) is 1.68. The highest BCUT2D eigenvalue weighted by molar-refractivity contribution is 5.82. The molecule has 1 aromatic carbocycles. The van der Waals surface area contributed by atoms with Gasteiger partial charge in [0.05, 0.1) is 13.7 Å². The van der Waals surface area contributed by atoms with Gasteiger partial charge in [-0.05, 0) is 35.3 Å². The molecule has 0 amide bonds. The third-order valence-corrected chi connectivity index (χ3v) is 3.07. The highest BCUT2D eigenvalue weighted by atomic mass is 16.5. The summed E-state index contributed by atoms with van der Waals surface area (Å²) in [6.45, 7) is 5.20. The van der Waals surface area contributed by atoms with E-state index in [1.54, 1.807) is 14.2 Å². The predicted octanol–water partition coefficient (Wildman–Crippen LogP) is 3.35. The molecule has 0 spiro atoms. The second kappa shape index (κ2) is 9.19. The van der Waals surface area contributed by atoms with E-state index in [2.05, 4.69) is 0 Å². The fraction of sp³-hybridized carbons (Fsp3) is 0.471. The van der Waals surface area contributed by atoms with Crippen molar-refractivity contribution in [3.63, 3.8) is 0 Å². The zero-order valence-corrected chi connectivity index (χ0v) is 13.2. The fourth-order valence-electron chi connectivity index (χ4n) is 1.81. The number of aldehydes is 1. The topological polar surface area (TPSA) is 44.8 Å². The minimum Gasteiger partial charge on any atom is -0.493 e. The Hall–Kier alpha value is -1.81. The summed E-state index contributed by atoms with van der Waals surface area (Å²) in [4.78, 5) is 11.1. The van der Waals surface area contributed by atoms with E-state index in [4.69, 9.17) is 14.2 Å². The molecule has 0 aliphatic rings. The van der Waals surface area contributed by atoms with Crippen LogP contribution in [-0.2, 0) is 9.53 Å². The van der Waals surface area contributed by atoms with Gasteiger partial charge in [-0.2, -0.15) is 0 Å². The van der Waals surface area contributed by atoms with E-state index in [0.717, 1.165) is 23.8 Å². The van der Waals surface area contributed by atoms with Crippen LogP contribution in [0.25, 0.3) is 6.08 Å². The van der Waals surface area contributed by atoms with Crippen molar-refractivity contribution in [2.45, 2.75) is 20.3 Å². The lowest BCUT2D eigenvalue weighted by Gasteiger charge is -2.12. The molecule has 4 heteroatoms. The zero-order valence-electron chi connectivity index (χ0n) is 13.2. The third-order valence-electron chi connectivity index (χ3n) is 3.07. The molecular formula is C17H24O4. The number of carbonyl (C=O) groups is 1. The quantitative estimate of drug-likeness (QED) is 0.398. The Bertz CT molecular complexity index is 478. The maximum absolute atomic E-state index is 11.1. The van der Waals surface area contributed by atoms with Gasteiger partial charge in [0, 0.05) is 20.1 Å². The normalized spacial score (nSPS) is 11.6. The molecule has 0 saturated heterocycles. The lowest BCUT2D eigenvalue weighted by Crippen LogP contribution is -2.03. The monoisotopic (exact) mass is 292 g/mol. The molecule has 0 fully saturated rings. The van der Waals surface area contributed by atoms with Crippen LogP contribution in [0.3, 0.4) is 0 Å². The minimum absolute atomic E-state index is 0.190. The van der Waals surface area contributed by atoms with Gasteiger partial charge in [-0.25, -0.2) is 0 Å². The Morgan fingerprint density at radius 1 is 1.19 bits per heavy atom. The van der Waals surface area contributed by atoms with E-state index in [9.17, 15) is 4.79 Å². The van der Waals surface area contributed by atoms with E-state index >= 15 is 0 Å². The van der Waals surface area contributed by atoms with Crippen LogP contribution in [0.15, 0.2) is 23.8 Å². The summed E-state index contributed by atoms with van der Waals surface area (Å²) in [5.74, 6) is 1.55.